The SMILES string of the molecule is C=C/C(CN)=C1/N=C(C)C=C(C)N1. The van der Waals surface area contributed by atoms with Crippen LogP contribution in [0.4, 0.5) is 0 Å². The molecule has 3 heteroatoms. The number of hydrogen-bond donors (Lipinski definition) is 2. The number of nitrogens with one attached hydrogen (secondary N) is 1. The summed E-state index contributed by atoms with van der Waals surface area (Å²) < 4.78 is 0. The van der Waals surface area contributed by atoms with Crippen molar-refractivity contribution in [2.24, 2.45) is 10.7 Å². The van der Waals surface area contributed by atoms with Crippen LogP contribution in [0.2, 0.25) is 0 Å². The van der Waals surface area contributed by atoms with Gasteiger partial charge in [0.25, 0.3) is 0 Å². The van der Waals surface area contributed by atoms with Crippen molar-refractivity contribution in [1.82, 2.24) is 5.32 Å². The fourth-order valence-corrected chi connectivity index (χ4v) is 1.20. The summed E-state index contributed by atoms with van der Waals surface area (Å²) in [5.74, 6) is 0.815. The number of aliphatic imine (C=N–C) groups is 1. The van der Waals surface area contributed by atoms with Gasteiger partial charge in [0.1, 0.15) is 5.82 Å². The maximum absolute atomic E-state index is 5.55. The Morgan fingerprint density at radius 2 is 2.38 bits per heavy atom. The molecule has 0 aromatic heterocycles. The van der Waals surface area contributed by atoms with Gasteiger partial charge in [-0.25, -0.2) is 4.99 Å². The second-order valence-electron chi connectivity index (χ2n) is 2.99. The molecule has 0 atom stereocenters. The number of rotatable bonds is 2. The third-order valence-corrected chi connectivity index (χ3v) is 1.80. The highest BCUT2D eigenvalue weighted by molar-refractivity contribution is 5.94. The Bertz CT molecular complexity index is 308. The van der Waals surface area contributed by atoms with Crippen LogP contribution in [0.5, 0.6) is 0 Å². The Morgan fingerprint density at radius 3 is 2.85 bits per heavy atom. The van der Waals surface area contributed by atoms with E-state index in [9.17, 15) is 0 Å². The Hall–Kier alpha value is -1.35. The van der Waals surface area contributed by atoms with Crippen LogP contribution in [0.15, 0.2) is 40.8 Å². The lowest BCUT2D eigenvalue weighted by Crippen LogP contribution is -2.19. The van der Waals surface area contributed by atoms with Gasteiger partial charge in [0, 0.05) is 23.5 Å². The standard InChI is InChI=1S/C10H15N3/c1-4-9(6-11)10-12-7(2)5-8(3)13-10/h4-5,12H,1,6,11H2,2-3H3/b10-9-. The van der Waals surface area contributed by atoms with E-state index < -0.39 is 0 Å². The second kappa shape index (κ2) is 4.05. The summed E-state index contributed by atoms with van der Waals surface area (Å²) in [7, 11) is 0. The molecule has 0 amide bonds. The molecule has 0 fully saturated rings. The van der Waals surface area contributed by atoms with Gasteiger partial charge in [-0.1, -0.05) is 12.7 Å². The average molecular weight is 177 g/mol. The van der Waals surface area contributed by atoms with Gasteiger partial charge in [-0.3, -0.25) is 0 Å². The highest BCUT2D eigenvalue weighted by Gasteiger charge is 2.06. The summed E-state index contributed by atoms with van der Waals surface area (Å²) in [6.07, 6.45) is 3.72. The molecule has 1 heterocycles. The number of hydrogen-bond acceptors (Lipinski definition) is 3. The molecule has 0 aliphatic carbocycles. The highest BCUT2D eigenvalue weighted by Crippen LogP contribution is 2.10. The summed E-state index contributed by atoms with van der Waals surface area (Å²) in [6.45, 7) is 8.10. The maximum atomic E-state index is 5.55. The van der Waals surface area contributed by atoms with E-state index in [0.29, 0.717) is 6.54 Å². The molecule has 0 aromatic rings. The Balaban J connectivity index is 3.03. The smallest absolute Gasteiger partial charge is 0.134 e. The van der Waals surface area contributed by atoms with Crippen molar-refractivity contribution in [3.63, 3.8) is 0 Å². The van der Waals surface area contributed by atoms with E-state index in [1.54, 1.807) is 6.08 Å². The fraction of sp³-hybridized carbons (Fsp3) is 0.300. The lowest BCUT2D eigenvalue weighted by molar-refractivity contribution is 0.904. The van der Waals surface area contributed by atoms with Crippen molar-refractivity contribution in [1.29, 1.82) is 0 Å². The van der Waals surface area contributed by atoms with Crippen molar-refractivity contribution in [3.05, 3.63) is 35.8 Å². The van der Waals surface area contributed by atoms with Crippen LogP contribution >= 0.6 is 0 Å². The first kappa shape index (κ1) is 9.74. The Labute approximate surface area is 78.7 Å². The van der Waals surface area contributed by atoms with Crippen LogP contribution in [0.1, 0.15) is 13.8 Å². The van der Waals surface area contributed by atoms with Crippen LogP contribution in [0, 0.1) is 0 Å². The quantitative estimate of drug-likeness (QED) is 0.668. The van der Waals surface area contributed by atoms with Gasteiger partial charge in [-0.15, -0.1) is 0 Å². The zero-order chi connectivity index (χ0) is 9.84. The fourth-order valence-electron chi connectivity index (χ4n) is 1.20. The zero-order valence-electron chi connectivity index (χ0n) is 8.09. The summed E-state index contributed by atoms with van der Waals surface area (Å²) >= 11 is 0. The molecule has 0 unspecified atom stereocenters. The topological polar surface area (TPSA) is 50.4 Å². The van der Waals surface area contributed by atoms with Gasteiger partial charge in [-0.2, -0.15) is 0 Å². The van der Waals surface area contributed by atoms with E-state index in [1.807, 2.05) is 19.9 Å². The van der Waals surface area contributed by atoms with E-state index in [2.05, 4.69) is 16.9 Å². The lowest BCUT2D eigenvalue weighted by Gasteiger charge is -2.15. The predicted octanol–water partition coefficient (Wildman–Crippen LogP) is 1.31. The molecular formula is C10H15N3. The van der Waals surface area contributed by atoms with Gasteiger partial charge >= 0.3 is 0 Å². The maximum Gasteiger partial charge on any atom is 0.134 e. The first-order chi connectivity index (χ1) is 6.17. The summed E-state index contributed by atoms with van der Waals surface area (Å²) in [4.78, 5) is 4.33. The van der Waals surface area contributed by atoms with Gasteiger partial charge in [0.2, 0.25) is 0 Å². The lowest BCUT2D eigenvalue weighted by atomic mass is 10.2. The van der Waals surface area contributed by atoms with E-state index in [4.69, 9.17) is 5.73 Å². The van der Waals surface area contributed by atoms with E-state index in [0.717, 1.165) is 22.8 Å². The molecule has 1 rings (SSSR count). The molecule has 3 N–H and O–H groups in total. The minimum atomic E-state index is 0.454. The van der Waals surface area contributed by atoms with E-state index in [1.165, 1.54) is 0 Å². The highest BCUT2D eigenvalue weighted by atomic mass is 15.1. The van der Waals surface area contributed by atoms with Gasteiger partial charge in [-0.05, 0) is 19.9 Å². The van der Waals surface area contributed by atoms with E-state index in [-0.39, 0.29) is 0 Å². The first-order valence-corrected chi connectivity index (χ1v) is 4.23. The third kappa shape index (κ3) is 2.29. The summed E-state index contributed by atoms with van der Waals surface area (Å²) in [6, 6.07) is 0. The minimum Gasteiger partial charge on any atom is -0.344 e. The third-order valence-electron chi connectivity index (χ3n) is 1.80. The number of nitrogens with two attached hydrogens (primary N) is 1. The van der Waals surface area contributed by atoms with Gasteiger partial charge < -0.3 is 11.1 Å². The summed E-state index contributed by atoms with van der Waals surface area (Å²) in [5, 5.41) is 3.15. The molecule has 1 aliphatic heterocycles. The average Bonchev–Trinajstić information content (AvgIpc) is 2.04. The number of allylic oxidation sites excluding steroid dienone is 2. The molecule has 0 bridgehead atoms. The second-order valence-corrected chi connectivity index (χ2v) is 2.99. The van der Waals surface area contributed by atoms with Crippen molar-refractivity contribution in [3.8, 4) is 0 Å². The molecule has 0 saturated carbocycles. The van der Waals surface area contributed by atoms with E-state index >= 15 is 0 Å². The monoisotopic (exact) mass is 177 g/mol. The van der Waals surface area contributed by atoms with Crippen molar-refractivity contribution in [2.75, 3.05) is 6.54 Å². The normalized spacial score (nSPS) is 19.9. The Morgan fingerprint density at radius 1 is 1.69 bits per heavy atom. The van der Waals surface area contributed by atoms with Crippen molar-refractivity contribution >= 4 is 5.71 Å². The van der Waals surface area contributed by atoms with Crippen LogP contribution in [-0.2, 0) is 0 Å². The largest absolute Gasteiger partial charge is 0.344 e. The number of nitrogens with zero attached hydrogens (tertiary/aromatic N) is 1. The molecule has 13 heavy (non-hydrogen) atoms. The van der Waals surface area contributed by atoms with Gasteiger partial charge in [0.05, 0.1) is 0 Å². The minimum absolute atomic E-state index is 0.454. The molecule has 1 aliphatic rings. The molecule has 0 radical (unpaired) electrons. The van der Waals surface area contributed by atoms with Crippen molar-refractivity contribution < 1.29 is 0 Å². The van der Waals surface area contributed by atoms with Crippen LogP contribution in [-0.4, -0.2) is 12.3 Å². The molecule has 0 saturated heterocycles. The molecule has 0 spiro atoms. The Kier molecular flexibility index (Phi) is 3.03. The molecule has 3 nitrogen and oxygen atoms in total. The van der Waals surface area contributed by atoms with Crippen LogP contribution in [0.25, 0.3) is 0 Å². The van der Waals surface area contributed by atoms with Crippen LogP contribution in [0.3, 0.4) is 0 Å². The predicted molar refractivity (Wildman–Crippen MR) is 56.3 cm³/mol. The first-order valence-electron chi connectivity index (χ1n) is 4.23. The summed E-state index contributed by atoms with van der Waals surface area (Å²) in [5.41, 5.74) is 8.55. The molecular weight excluding hydrogens is 162 g/mol. The zero-order valence-corrected chi connectivity index (χ0v) is 8.09. The van der Waals surface area contributed by atoms with Crippen molar-refractivity contribution in [2.45, 2.75) is 13.8 Å². The van der Waals surface area contributed by atoms with Gasteiger partial charge in [0.15, 0.2) is 0 Å². The molecule has 0 aromatic carbocycles. The molecule has 70 valence electrons. The van der Waals surface area contributed by atoms with Crippen LogP contribution < -0.4 is 11.1 Å².